The first-order valence-electron chi connectivity index (χ1n) is 7.32. The van der Waals surface area contributed by atoms with E-state index in [9.17, 15) is 4.39 Å². The summed E-state index contributed by atoms with van der Waals surface area (Å²) in [6.07, 6.45) is 0.933. The molecule has 21 heavy (non-hydrogen) atoms. The van der Waals surface area contributed by atoms with E-state index < -0.39 is 0 Å². The maximum atomic E-state index is 13.0. The molecule has 0 aliphatic carbocycles. The zero-order chi connectivity index (χ0) is 14.7. The zero-order valence-corrected chi connectivity index (χ0v) is 12.1. The summed E-state index contributed by atoms with van der Waals surface area (Å²) < 4.78 is 18.3. The summed E-state index contributed by atoms with van der Waals surface area (Å²) >= 11 is 0. The lowest BCUT2D eigenvalue weighted by Gasteiger charge is -2.32. The molecule has 6 heteroatoms. The van der Waals surface area contributed by atoms with Gasteiger partial charge in [-0.3, -0.25) is 4.90 Å². The fourth-order valence-corrected chi connectivity index (χ4v) is 2.68. The second kappa shape index (κ2) is 6.32. The van der Waals surface area contributed by atoms with Crippen LogP contribution >= 0.6 is 0 Å². The SMILES string of the molecule is CCC(c1noc(-c2ccc(F)cc2)n1)N1CCNCC1. The van der Waals surface area contributed by atoms with Crippen molar-refractivity contribution in [2.45, 2.75) is 19.4 Å². The molecule has 2 heterocycles. The second-order valence-electron chi connectivity index (χ2n) is 5.17. The van der Waals surface area contributed by atoms with E-state index >= 15 is 0 Å². The van der Waals surface area contributed by atoms with Gasteiger partial charge in [0.25, 0.3) is 5.89 Å². The van der Waals surface area contributed by atoms with E-state index in [2.05, 4.69) is 27.3 Å². The first-order chi connectivity index (χ1) is 10.3. The predicted octanol–water partition coefficient (Wildman–Crippen LogP) is 2.23. The summed E-state index contributed by atoms with van der Waals surface area (Å²) in [6, 6.07) is 6.27. The number of halogens is 1. The Bertz CT molecular complexity index is 578. The van der Waals surface area contributed by atoms with Crippen LogP contribution in [-0.2, 0) is 0 Å². The molecule has 5 nitrogen and oxygen atoms in total. The Kier molecular flexibility index (Phi) is 4.26. The summed E-state index contributed by atoms with van der Waals surface area (Å²) in [6.45, 7) is 6.07. The molecule has 3 rings (SSSR count). The topological polar surface area (TPSA) is 54.2 Å². The molecule has 1 aromatic heterocycles. The summed E-state index contributed by atoms with van der Waals surface area (Å²) in [4.78, 5) is 6.87. The van der Waals surface area contributed by atoms with Crippen LogP contribution < -0.4 is 5.32 Å². The Morgan fingerprint density at radius 2 is 2.00 bits per heavy atom. The highest BCUT2D eigenvalue weighted by Crippen LogP contribution is 2.25. The number of nitrogens with zero attached hydrogens (tertiary/aromatic N) is 3. The molecule has 1 unspecified atom stereocenters. The van der Waals surface area contributed by atoms with Gasteiger partial charge >= 0.3 is 0 Å². The van der Waals surface area contributed by atoms with Crippen LogP contribution in [0.15, 0.2) is 28.8 Å². The first kappa shape index (κ1) is 14.2. The highest BCUT2D eigenvalue weighted by atomic mass is 19.1. The molecule has 1 aliphatic heterocycles. The third-order valence-corrected chi connectivity index (χ3v) is 3.81. The van der Waals surface area contributed by atoms with E-state index in [4.69, 9.17) is 4.52 Å². The molecule has 1 aliphatic rings. The van der Waals surface area contributed by atoms with Gasteiger partial charge in [-0.2, -0.15) is 4.98 Å². The lowest BCUT2D eigenvalue weighted by atomic mass is 10.1. The van der Waals surface area contributed by atoms with Gasteiger partial charge in [-0.25, -0.2) is 4.39 Å². The molecule has 1 atom stereocenters. The third kappa shape index (κ3) is 3.11. The highest BCUT2D eigenvalue weighted by Gasteiger charge is 2.25. The number of hydrogen-bond acceptors (Lipinski definition) is 5. The summed E-state index contributed by atoms with van der Waals surface area (Å²) in [5, 5.41) is 7.46. The Hall–Kier alpha value is -1.79. The van der Waals surface area contributed by atoms with Gasteiger partial charge in [0.1, 0.15) is 5.82 Å². The van der Waals surface area contributed by atoms with E-state index in [1.807, 2.05) is 0 Å². The van der Waals surface area contributed by atoms with Crippen LogP contribution in [0.4, 0.5) is 4.39 Å². The number of piperazine rings is 1. The van der Waals surface area contributed by atoms with Crippen molar-refractivity contribution in [3.8, 4) is 11.5 Å². The van der Waals surface area contributed by atoms with Crippen molar-refractivity contribution in [2.75, 3.05) is 26.2 Å². The van der Waals surface area contributed by atoms with Crippen molar-refractivity contribution < 1.29 is 8.91 Å². The van der Waals surface area contributed by atoms with Gasteiger partial charge in [-0.1, -0.05) is 12.1 Å². The van der Waals surface area contributed by atoms with Gasteiger partial charge in [0.2, 0.25) is 0 Å². The molecular formula is C15H19FN4O. The number of aromatic nitrogens is 2. The summed E-state index contributed by atoms with van der Waals surface area (Å²) in [5.41, 5.74) is 0.741. The second-order valence-corrected chi connectivity index (χ2v) is 5.17. The van der Waals surface area contributed by atoms with Gasteiger partial charge in [-0.15, -0.1) is 0 Å². The first-order valence-corrected chi connectivity index (χ1v) is 7.32. The van der Waals surface area contributed by atoms with Crippen molar-refractivity contribution >= 4 is 0 Å². The summed E-state index contributed by atoms with van der Waals surface area (Å²) in [5.74, 6) is 0.878. The van der Waals surface area contributed by atoms with Gasteiger partial charge in [0, 0.05) is 31.7 Å². The fraction of sp³-hybridized carbons (Fsp3) is 0.467. The smallest absolute Gasteiger partial charge is 0.257 e. The van der Waals surface area contributed by atoms with Crippen LogP contribution in [-0.4, -0.2) is 41.2 Å². The molecule has 0 saturated carbocycles. The Balaban J connectivity index is 1.80. The number of rotatable bonds is 4. The predicted molar refractivity (Wildman–Crippen MR) is 77.2 cm³/mol. The minimum Gasteiger partial charge on any atom is -0.334 e. The average Bonchev–Trinajstić information content (AvgIpc) is 2.99. The Morgan fingerprint density at radius 3 is 2.67 bits per heavy atom. The molecule has 1 aromatic carbocycles. The monoisotopic (exact) mass is 290 g/mol. The van der Waals surface area contributed by atoms with Crippen LogP contribution in [0.5, 0.6) is 0 Å². The minimum absolute atomic E-state index is 0.171. The van der Waals surface area contributed by atoms with Crippen molar-refractivity contribution in [3.63, 3.8) is 0 Å². The van der Waals surface area contributed by atoms with Crippen molar-refractivity contribution in [3.05, 3.63) is 35.9 Å². The molecule has 1 N–H and O–H groups in total. The average molecular weight is 290 g/mol. The van der Waals surface area contributed by atoms with Crippen molar-refractivity contribution in [1.29, 1.82) is 0 Å². The number of benzene rings is 1. The molecule has 0 amide bonds. The van der Waals surface area contributed by atoms with E-state index in [1.165, 1.54) is 12.1 Å². The third-order valence-electron chi connectivity index (χ3n) is 3.81. The van der Waals surface area contributed by atoms with E-state index in [0.717, 1.165) is 38.2 Å². The van der Waals surface area contributed by atoms with Crippen LogP contribution in [0.25, 0.3) is 11.5 Å². The van der Waals surface area contributed by atoms with Crippen molar-refractivity contribution in [2.24, 2.45) is 0 Å². The normalized spacial score (nSPS) is 17.8. The highest BCUT2D eigenvalue weighted by molar-refractivity contribution is 5.52. The van der Waals surface area contributed by atoms with Crippen LogP contribution in [0.2, 0.25) is 0 Å². The van der Waals surface area contributed by atoms with Gasteiger partial charge in [0.15, 0.2) is 5.82 Å². The lowest BCUT2D eigenvalue weighted by Crippen LogP contribution is -2.45. The maximum Gasteiger partial charge on any atom is 0.257 e. The molecule has 0 radical (unpaired) electrons. The quantitative estimate of drug-likeness (QED) is 0.936. The van der Waals surface area contributed by atoms with Crippen LogP contribution in [0.1, 0.15) is 25.2 Å². The van der Waals surface area contributed by atoms with Crippen molar-refractivity contribution in [1.82, 2.24) is 20.4 Å². The molecule has 112 valence electrons. The van der Waals surface area contributed by atoms with Crippen LogP contribution in [0.3, 0.4) is 0 Å². The number of nitrogens with one attached hydrogen (secondary N) is 1. The molecule has 2 aromatic rings. The van der Waals surface area contributed by atoms with Crippen LogP contribution in [0, 0.1) is 5.82 Å². The molecule has 0 bridgehead atoms. The minimum atomic E-state index is -0.272. The molecule has 0 spiro atoms. The molecule has 1 fully saturated rings. The maximum absolute atomic E-state index is 13.0. The van der Waals surface area contributed by atoms with Gasteiger partial charge in [0.05, 0.1) is 6.04 Å². The molecule has 1 saturated heterocycles. The fourth-order valence-electron chi connectivity index (χ4n) is 2.68. The standard InChI is InChI=1S/C15H19FN4O/c1-2-13(20-9-7-17-8-10-20)14-18-15(21-19-14)11-3-5-12(16)6-4-11/h3-6,13,17H,2,7-10H2,1H3. The Labute approximate surface area is 123 Å². The van der Waals surface area contributed by atoms with Gasteiger partial charge < -0.3 is 9.84 Å². The largest absolute Gasteiger partial charge is 0.334 e. The summed E-state index contributed by atoms with van der Waals surface area (Å²) in [7, 11) is 0. The van der Waals surface area contributed by atoms with E-state index in [-0.39, 0.29) is 11.9 Å². The van der Waals surface area contributed by atoms with E-state index in [1.54, 1.807) is 12.1 Å². The van der Waals surface area contributed by atoms with Gasteiger partial charge in [-0.05, 0) is 30.7 Å². The van der Waals surface area contributed by atoms with E-state index in [0.29, 0.717) is 11.7 Å². The lowest BCUT2D eigenvalue weighted by molar-refractivity contribution is 0.160. The molecular weight excluding hydrogens is 271 g/mol. The Morgan fingerprint density at radius 1 is 1.29 bits per heavy atom. The zero-order valence-electron chi connectivity index (χ0n) is 12.1. The number of hydrogen-bond donors (Lipinski definition) is 1.